The molecule has 0 saturated carbocycles. The van der Waals surface area contributed by atoms with E-state index in [-0.39, 0.29) is 6.04 Å². The Morgan fingerprint density at radius 1 is 1.59 bits per heavy atom. The Bertz CT molecular complexity index is 512. The van der Waals surface area contributed by atoms with E-state index in [0.29, 0.717) is 24.5 Å². The number of nitrogens with zero attached hydrogens (tertiary/aromatic N) is 1. The van der Waals surface area contributed by atoms with Crippen LogP contribution in [0, 0.1) is 6.92 Å². The fourth-order valence-corrected chi connectivity index (χ4v) is 6.01. The topological polar surface area (TPSA) is 49.4 Å². The molecule has 1 fully saturated rings. The van der Waals surface area contributed by atoms with Crippen LogP contribution in [0.2, 0.25) is 0 Å². The summed E-state index contributed by atoms with van der Waals surface area (Å²) in [5, 5.41) is 3.20. The zero-order valence-corrected chi connectivity index (χ0v) is 13.0. The van der Waals surface area contributed by atoms with Crippen molar-refractivity contribution in [2.24, 2.45) is 0 Å². The summed E-state index contributed by atoms with van der Waals surface area (Å²) in [6, 6.07) is 1.70. The molecule has 4 nitrogen and oxygen atoms in total. The van der Waals surface area contributed by atoms with Gasteiger partial charge < -0.3 is 5.32 Å². The highest BCUT2D eigenvalue weighted by atomic mass is 79.9. The van der Waals surface area contributed by atoms with Gasteiger partial charge in [-0.2, -0.15) is 4.31 Å². The molecule has 17 heavy (non-hydrogen) atoms. The molecular weight excluding hydrogens is 324 g/mol. The van der Waals surface area contributed by atoms with Crippen molar-refractivity contribution in [3.8, 4) is 0 Å². The first-order valence-electron chi connectivity index (χ1n) is 5.41. The van der Waals surface area contributed by atoms with Crippen molar-refractivity contribution >= 4 is 37.3 Å². The lowest BCUT2D eigenvalue weighted by molar-refractivity contribution is 0.284. The molecule has 0 spiro atoms. The van der Waals surface area contributed by atoms with E-state index in [1.165, 1.54) is 11.3 Å². The van der Waals surface area contributed by atoms with Gasteiger partial charge >= 0.3 is 0 Å². The van der Waals surface area contributed by atoms with Crippen LogP contribution in [0.5, 0.6) is 0 Å². The first kappa shape index (κ1) is 13.5. The third-order valence-electron chi connectivity index (χ3n) is 2.87. The lowest BCUT2D eigenvalue weighted by Crippen LogP contribution is -2.52. The average Bonchev–Trinajstić information content (AvgIpc) is 2.59. The standard InChI is InChI=1S/C10H15BrN2O2S2/c1-7-6-12-3-4-13(7)17(14,15)9-5-10(11)16-8(9)2/h5,7,12H,3-4,6H2,1-2H3/t7-/m1/s1. The van der Waals surface area contributed by atoms with E-state index in [1.54, 1.807) is 10.4 Å². The van der Waals surface area contributed by atoms with Gasteiger partial charge in [0.05, 0.1) is 8.68 Å². The highest BCUT2D eigenvalue weighted by molar-refractivity contribution is 9.11. The molecule has 1 N–H and O–H groups in total. The van der Waals surface area contributed by atoms with E-state index in [0.717, 1.165) is 8.66 Å². The van der Waals surface area contributed by atoms with E-state index in [4.69, 9.17) is 0 Å². The minimum Gasteiger partial charge on any atom is -0.314 e. The number of sulfonamides is 1. The Morgan fingerprint density at radius 3 is 2.82 bits per heavy atom. The maximum Gasteiger partial charge on any atom is 0.244 e. The molecule has 1 aliphatic heterocycles. The van der Waals surface area contributed by atoms with Gasteiger partial charge in [0.15, 0.2) is 0 Å². The molecule has 0 unspecified atom stereocenters. The van der Waals surface area contributed by atoms with Crippen LogP contribution in [0.25, 0.3) is 0 Å². The molecule has 0 amide bonds. The quantitative estimate of drug-likeness (QED) is 0.894. The van der Waals surface area contributed by atoms with Crippen molar-refractivity contribution in [1.82, 2.24) is 9.62 Å². The van der Waals surface area contributed by atoms with E-state index >= 15 is 0 Å². The molecule has 96 valence electrons. The van der Waals surface area contributed by atoms with Crippen LogP contribution in [-0.2, 0) is 10.0 Å². The fourth-order valence-electron chi connectivity index (χ4n) is 1.99. The summed E-state index contributed by atoms with van der Waals surface area (Å²) in [5.41, 5.74) is 0. The number of aryl methyl sites for hydroxylation is 1. The van der Waals surface area contributed by atoms with Gasteiger partial charge in [0.1, 0.15) is 0 Å². The van der Waals surface area contributed by atoms with Crippen molar-refractivity contribution in [1.29, 1.82) is 0 Å². The summed E-state index contributed by atoms with van der Waals surface area (Å²) in [4.78, 5) is 1.27. The Balaban J connectivity index is 2.39. The van der Waals surface area contributed by atoms with Gasteiger partial charge in [-0.25, -0.2) is 8.42 Å². The molecule has 1 saturated heterocycles. The largest absolute Gasteiger partial charge is 0.314 e. The highest BCUT2D eigenvalue weighted by Gasteiger charge is 2.32. The van der Waals surface area contributed by atoms with Crippen molar-refractivity contribution in [2.75, 3.05) is 19.6 Å². The maximum absolute atomic E-state index is 12.5. The Hall–Kier alpha value is 0.0500. The van der Waals surface area contributed by atoms with Crippen LogP contribution in [0.3, 0.4) is 0 Å². The predicted molar refractivity (Wildman–Crippen MR) is 73.0 cm³/mol. The van der Waals surface area contributed by atoms with Crippen molar-refractivity contribution < 1.29 is 8.42 Å². The van der Waals surface area contributed by atoms with E-state index in [9.17, 15) is 8.42 Å². The van der Waals surface area contributed by atoms with Crippen LogP contribution in [0.15, 0.2) is 14.7 Å². The first-order chi connectivity index (χ1) is 7.93. The van der Waals surface area contributed by atoms with Crippen LogP contribution in [-0.4, -0.2) is 38.4 Å². The number of rotatable bonds is 2. The molecule has 0 bridgehead atoms. The van der Waals surface area contributed by atoms with Gasteiger partial charge in [-0.05, 0) is 35.8 Å². The third-order valence-corrected chi connectivity index (χ3v) is 6.69. The number of hydrogen-bond donors (Lipinski definition) is 1. The molecule has 2 rings (SSSR count). The fraction of sp³-hybridized carbons (Fsp3) is 0.600. The number of thiophene rings is 1. The van der Waals surface area contributed by atoms with Crippen LogP contribution in [0.1, 0.15) is 11.8 Å². The molecule has 0 aliphatic carbocycles. The minimum atomic E-state index is -3.35. The Labute approximate surface area is 114 Å². The van der Waals surface area contributed by atoms with Gasteiger partial charge in [0.25, 0.3) is 0 Å². The number of halogens is 1. The molecule has 7 heteroatoms. The molecule has 1 aliphatic rings. The van der Waals surface area contributed by atoms with E-state index in [1.807, 2.05) is 13.8 Å². The normalized spacial score (nSPS) is 22.9. The van der Waals surface area contributed by atoms with Crippen LogP contribution in [0.4, 0.5) is 0 Å². The third kappa shape index (κ3) is 2.58. The first-order valence-corrected chi connectivity index (χ1v) is 8.46. The highest BCUT2D eigenvalue weighted by Crippen LogP contribution is 2.32. The number of hydrogen-bond acceptors (Lipinski definition) is 4. The monoisotopic (exact) mass is 338 g/mol. The van der Waals surface area contributed by atoms with E-state index < -0.39 is 10.0 Å². The Morgan fingerprint density at radius 2 is 2.29 bits per heavy atom. The predicted octanol–water partition coefficient (Wildman–Crippen LogP) is 1.80. The maximum atomic E-state index is 12.5. The lowest BCUT2D eigenvalue weighted by Gasteiger charge is -2.32. The van der Waals surface area contributed by atoms with Crippen molar-refractivity contribution in [2.45, 2.75) is 24.8 Å². The minimum absolute atomic E-state index is 0.00632. The summed E-state index contributed by atoms with van der Waals surface area (Å²) < 4.78 is 27.5. The molecule has 2 heterocycles. The van der Waals surface area contributed by atoms with Gasteiger partial charge in [-0.3, -0.25) is 0 Å². The van der Waals surface area contributed by atoms with Crippen LogP contribution < -0.4 is 5.32 Å². The molecule has 0 radical (unpaired) electrons. The Kier molecular flexibility index (Phi) is 3.94. The smallest absolute Gasteiger partial charge is 0.244 e. The SMILES string of the molecule is Cc1sc(Br)cc1S(=O)(=O)N1CCNC[C@H]1C. The molecule has 0 aromatic carbocycles. The molecule has 1 aromatic rings. The van der Waals surface area contributed by atoms with Gasteiger partial charge in [0, 0.05) is 30.6 Å². The van der Waals surface area contributed by atoms with E-state index in [2.05, 4.69) is 21.2 Å². The summed E-state index contributed by atoms with van der Waals surface area (Å²) >= 11 is 4.79. The van der Waals surface area contributed by atoms with Gasteiger partial charge in [-0.15, -0.1) is 11.3 Å². The molecule has 1 aromatic heterocycles. The van der Waals surface area contributed by atoms with Crippen molar-refractivity contribution in [3.63, 3.8) is 0 Å². The number of piperazine rings is 1. The lowest BCUT2D eigenvalue weighted by atomic mass is 10.3. The van der Waals surface area contributed by atoms with Gasteiger partial charge in [-0.1, -0.05) is 0 Å². The summed E-state index contributed by atoms with van der Waals surface area (Å²) in [6.45, 7) is 5.74. The zero-order chi connectivity index (χ0) is 12.6. The summed E-state index contributed by atoms with van der Waals surface area (Å²) in [7, 11) is -3.35. The second-order valence-corrected chi connectivity index (χ2v) is 8.63. The average molecular weight is 339 g/mol. The molecule has 1 atom stereocenters. The second-order valence-electron chi connectivity index (χ2n) is 4.14. The summed E-state index contributed by atoms with van der Waals surface area (Å²) in [5.74, 6) is 0. The van der Waals surface area contributed by atoms with Crippen molar-refractivity contribution in [3.05, 3.63) is 14.7 Å². The molecular formula is C10H15BrN2O2S2. The summed E-state index contributed by atoms with van der Waals surface area (Å²) in [6.07, 6.45) is 0. The van der Waals surface area contributed by atoms with Crippen LogP contribution >= 0.6 is 27.3 Å². The number of nitrogens with one attached hydrogen (secondary N) is 1. The second kappa shape index (κ2) is 4.97. The zero-order valence-electron chi connectivity index (χ0n) is 9.73. The van der Waals surface area contributed by atoms with Gasteiger partial charge in [0.2, 0.25) is 10.0 Å².